The van der Waals surface area contributed by atoms with Gasteiger partial charge in [-0.3, -0.25) is 0 Å². The van der Waals surface area contributed by atoms with E-state index in [1.165, 1.54) is 0 Å². The number of carbonyl (C=O) groups is 1. The smallest absolute Gasteiger partial charge is 0.419 e. The van der Waals surface area contributed by atoms with Crippen LogP contribution in [0.3, 0.4) is 0 Å². The highest BCUT2D eigenvalue weighted by molar-refractivity contribution is 7.79. The van der Waals surface area contributed by atoms with E-state index >= 15 is 0 Å². The highest BCUT2D eigenvalue weighted by Gasteiger charge is 2.15. The molecule has 0 heterocycles. The molecular formula is C20H21ClNO5P. The molecule has 3 rings (SSSR count). The first-order chi connectivity index (χ1) is 13.2. The summed E-state index contributed by atoms with van der Waals surface area (Å²) >= 11 is 4.20. The third kappa shape index (κ3) is 7.71. The fourth-order valence-corrected chi connectivity index (χ4v) is 2.50. The lowest BCUT2D eigenvalue weighted by molar-refractivity contribution is -0.145. The van der Waals surface area contributed by atoms with Crippen molar-refractivity contribution >= 4 is 40.6 Å². The molecule has 0 amide bonds. The molecule has 0 aliphatic rings. The Labute approximate surface area is 168 Å². The van der Waals surface area contributed by atoms with Crippen molar-refractivity contribution in [3.63, 3.8) is 0 Å². The monoisotopic (exact) mass is 421 g/mol. The van der Waals surface area contributed by atoms with Gasteiger partial charge >= 0.3 is 12.9 Å². The van der Waals surface area contributed by atoms with E-state index in [1.807, 2.05) is 67.6 Å². The summed E-state index contributed by atoms with van der Waals surface area (Å²) in [6, 6.07) is 23.4. The molecule has 0 radical (unpaired) electrons. The zero-order valence-corrected chi connectivity index (χ0v) is 16.8. The Morgan fingerprint density at radius 1 is 1.04 bits per heavy atom. The number of anilines is 1. The molecule has 8 heteroatoms. The number of hydrogen-bond donors (Lipinski definition) is 3. The Bertz CT molecular complexity index is 947. The second kappa shape index (κ2) is 10.2. The molecular weight excluding hydrogens is 401 g/mol. The van der Waals surface area contributed by atoms with Crippen LogP contribution in [0.1, 0.15) is 12.5 Å². The standard InChI is InChI=1S/C20H19NO2.ClH2O3P/c1-15(20(22)23-14-16-8-3-2-4-9-16)21-19-13-7-11-17-10-5-6-12-18(17)19;1-5(2,3)4/h2-13,15,21H,14H2,1H3;(H2,2,3,4)/t15-;/m0./s1. The Hall–Kier alpha value is -2.37. The van der Waals surface area contributed by atoms with Gasteiger partial charge in [-0.1, -0.05) is 66.7 Å². The maximum atomic E-state index is 12.2. The highest BCUT2D eigenvalue weighted by atomic mass is 35.7. The molecule has 0 saturated carbocycles. The Kier molecular flexibility index (Phi) is 8.03. The summed E-state index contributed by atoms with van der Waals surface area (Å²) in [7, 11) is 0. The molecule has 0 aliphatic carbocycles. The first-order valence-corrected chi connectivity index (χ1v) is 11.0. The lowest BCUT2D eigenvalue weighted by atomic mass is 10.1. The highest BCUT2D eigenvalue weighted by Crippen LogP contribution is 2.39. The van der Waals surface area contributed by atoms with E-state index in [1.54, 1.807) is 0 Å². The van der Waals surface area contributed by atoms with Gasteiger partial charge in [0, 0.05) is 22.3 Å². The van der Waals surface area contributed by atoms with Crippen LogP contribution in [0.5, 0.6) is 0 Å². The van der Waals surface area contributed by atoms with Crippen LogP contribution >= 0.6 is 18.2 Å². The van der Waals surface area contributed by atoms with E-state index in [9.17, 15) is 4.79 Å². The minimum Gasteiger partial charge on any atom is -0.459 e. The number of esters is 1. The lowest BCUT2D eigenvalue weighted by Crippen LogP contribution is -2.28. The zero-order valence-electron chi connectivity index (χ0n) is 15.2. The van der Waals surface area contributed by atoms with Gasteiger partial charge in [-0.25, -0.2) is 9.36 Å². The summed E-state index contributed by atoms with van der Waals surface area (Å²) in [5, 5.41) is 5.48. The van der Waals surface area contributed by atoms with Crippen LogP contribution in [0.15, 0.2) is 72.8 Å². The van der Waals surface area contributed by atoms with Gasteiger partial charge < -0.3 is 19.8 Å². The second-order valence-corrected chi connectivity index (χ2v) is 8.23. The molecule has 0 aromatic heterocycles. The second-order valence-electron chi connectivity index (χ2n) is 5.96. The van der Waals surface area contributed by atoms with Crippen LogP contribution in [0.4, 0.5) is 5.69 Å². The maximum absolute atomic E-state index is 12.2. The molecule has 3 N–H and O–H groups in total. The van der Waals surface area contributed by atoms with Gasteiger partial charge in [-0.05, 0) is 23.9 Å². The SMILES string of the molecule is C[C@H](Nc1cccc2ccccc12)C(=O)OCc1ccccc1.O=P(O)(O)Cl. The van der Waals surface area contributed by atoms with E-state index < -0.39 is 13.0 Å². The van der Waals surface area contributed by atoms with Crippen molar-refractivity contribution in [1.29, 1.82) is 0 Å². The quantitative estimate of drug-likeness (QED) is 0.408. The summed E-state index contributed by atoms with van der Waals surface area (Å²) < 4.78 is 14.5. The molecule has 3 aromatic carbocycles. The van der Waals surface area contributed by atoms with E-state index in [0.717, 1.165) is 22.0 Å². The van der Waals surface area contributed by atoms with Gasteiger partial charge in [-0.2, -0.15) is 0 Å². The fourth-order valence-electron chi connectivity index (χ4n) is 2.50. The van der Waals surface area contributed by atoms with Gasteiger partial charge in [0.2, 0.25) is 0 Å². The summed E-state index contributed by atoms with van der Waals surface area (Å²) in [4.78, 5) is 27.0. The number of ether oxygens (including phenoxy) is 1. The number of rotatable bonds is 5. The minimum absolute atomic E-state index is 0.262. The predicted molar refractivity (Wildman–Crippen MR) is 111 cm³/mol. The molecule has 1 atom stereocenters. The first kappa shape index (κ1) is 21.9. The first-order valence-electron chi connectivity index (χ1n) is 8.44. The number of benzene rings is 3. The van der Waals surface area contributed by atoms with Gasteiger partial charge in [-0.15, -0.1) is 0 Å². The third-order valence-electron chi connectivity index (χ3n) is 3.74. The number of carbonyl (C=O) groups excluding carboxylic acids is 1. The number of nitrogens with one attached hydrogen (secondary N) is 1. The van der Waals surface area contributed by atoms with Crippen molar-refractivity contribution in [1.82, 2.24) is 0 Å². The molecule has 0 aliphatic heterocycles. The van der Waals surface area contributed by atoms with Gasteiger partial charge in [0.25, 0.3) is 0 Å². The molecule has 0 spiro atoms. The average Bonchev–Trinajstić information content (AvgIpc) is 2.66. The summed E-state index contributed by atoms with van der Waals surface area (Å²) in [5.41, 5.74) is 1.92. The van der Waals surface area contributed by atoms with Crippen LogP contribution < -0.4 is 5.32 Å². The molecule has 148 valence electrons. The Balaban J connectivity index is 0.000000500. The van der Waals surface area contributed by atoms with Crippen LogP contribution in [0, 0.1) is 0 Å². The minimum atomic E-state index is -4.17. The summed E-state index contributed by atoms with van der Waals surface area (Å²) in [5.74, 6) is -0.262. The fraction of sp³-hybridized carbons (Fsp3) is 0.150. The lowest BCUT2D eigenvalue weighted by Gasteiger charge is -2.16. The number of fused-ring (bicyclic) bond motifs is 1. The Morgan fingerprint density at radius 2 is 1.61 bits per heavy atom. The van der Waals surface area contributed by atoms with Crippen molar-refractivity contribution in [3.05, 3.63) is 78.4 Å². The third-order valence-corrected chi connectivity index (χ3v) is 3.74. The molecule has 0 saturated heterocycles. The van der Waals surface area contributed by atoms with Gasteiger partial charge in [0.15, 0.2) is 0 Å². The average molecular weight is 422 g/mol. The molecule has 6 nitrogen and oxygen atoms in total. The number of hydrogen-bond acceptors (Lipinski definition) is 4. The van der Waals surface area contributed by atoms with Crippen molar-refractivity contribution in [3.8, 4) is 0 Å². The van der Waals surface area contributed by atoms with E-state index in [4.69, 9.17) is 19.1 Å². The molecule has 0 bridgehead atoms. The van der Waals surface area contributed by atoms with Gasteiger partial charge in [0.05, 0.1) is 0 Å². The number of halogens is 1. The topological polar surface area (TPSA) is 95.9 Å². The van der Waals surface area contributed by atoms with E-state index in [-0.39, 0.29) is 5.97 Å². The van der Waals surface area contributed by atoms with Crippen molar-refractivity contribution < 1.29 is 23.9 Å². The normalized spacial score (nSPS) is 11.9. The molecule has 0 unspecified atom stereocenters. The summed E-state index contributed by atoms with van der Waals surface area (Å²) in [6.45, 7) is -2.06. The van der Waals surface area contributed by atoms with Crippen LogP contribution in [-0.2, 0) is 20.7 Å². The van der Waals surface area contributed by atoms with Crippen LogP contribution in [0.25, 0.3) is 10.8 Å². The molecule has 0 fully saturated rings. The van der Waals surface area contributed by atoms with Crippen LogP contribution in [-0.4, -0.2) is 21.8 Å². The van der Waals surface area contributed by atoms with E-state index in [2.05, 4.69) is 28.7 Å². The van der Waals surface area contributed by atoms with Crippen LogP contribution in [0.2, 0.25) is 0 Å². The molecule has 3 aromatic rings. The zero-order chi connectivity index (χ0) is 20.6. The van der Waals surface area contributed by atoms with Crippen molar-refractivity contribution in [2.24, 2.45) is 0 Å². The van der Waals surface area contributed by atoms with Crippen molar-refractivity contribution in [2.75, 3.05) is 5.32 Å². The largest absolute Gasteiger partial charge is 0.459 e. The van der Waals surface area contributed by atoms with Gasteiger partial charge in [0.1, 0.15) is 12.6 Å². The predicted octanol–water partition coefficient (Wildman–Crippen LogP) is 4.70. The summed E-state index contributed by atoms with van der Waals surface area (Å²) in [6.07, 6.45) is 0. The van der Waals surface area contributed by atoms with Crippen molar-refractivity contribution in [2.45, 2.75) is 19.6 Å². The molecule has 28 heavy (non-hydrogen) atoms. The Morgan fingerprint density at radius 3 is 2.29 bits per heavy atom. The van der Waals surface area contributed by atoms with E-state index in [0.29, 0.717) is 6.61 Å². The maximum Gasteiger partial charge on any atom is 0.419 e.